The van der Waals surface area contributed by atoms with E-state index in [0.29, 0.717) is 12.4 Å². The Morgan fingerprint density at radius 2 is 2.60 bits per heavy atom. The predicted molar refractivity (Wildman–Crippen MR) is 52.5 cm³/mol. The van der Waals surface area contributed by atoms with E-state index in [1.807, 2.05) is 0 Å². The monoisotopic (exact) mass is 213 g/mol. The van der Waals surface area contributed by atoms with Gasteiger partial charge in [0, 0.05) is 0 Å². The van der Waals surface area contributed by atoms with Crippen LogP contribution in [0, 0.1) is 10.1 Å². The summed E-state index contributed by atoms with van der Waals surface area (Å²) in [4.78, 5) is 13.7. The van der Waals surface area contributed by atoms with E-state index in [9.17, 15) is 10.1 Å². The maximum absolute atomic E-state index is 10.5. The molecule has 0 fully saturated rings. The second kappa shape index (κ2) is 5.05. The molecule has 1 aromatic rings. The normalized spacial score (nSPS) is 10.8. The summed E-state index contributed by atoms with van der Waals surface area (Å²) in [5.74, 6) is 0.269. The fourth-order valence-electron chi connectivity index (χ4n) is 0.922. The third-order valence-electron chi connectivity index (χ3n) is 1.68. The number of hydrazone groups is 1. The van der Waals surface area contributed by atoms with Crippen molar-refractivity contribution in [1.82, 2.24) is 15.0 Å². The fourth-order valence-corrected chi connectivity index (χ4v) is 0.922. The van der Waals surface area contributed by atoms with Crippen molar-refractivity contribution >= 4 is 12.0 Å². The molecule has 0 saturated heterocycles. The van der Waals surface area contributed by atoms with Gasteiger partial charge in [-0.05, 0) is 4.92 Å². The quantitative estimate of drug-likeness (QED) is 0.289. The molecule has 0 aliphatic carbocycles. The number of imidazole rings is 1. The van der Waals surface area contributed by atoms with Crippen LogP contribution in [0.4, 0.5) is 5.82 Å². The lowest BCUT2D eigenvalue weighted by molar-refractivity contribution is -0.391. The number of aliphatic hydroxyl groups excluding tert-OH is 1. The van der Waals surface area contributed by atoms with Crippen molar-refractivity contribution in [2.45, 2.75) is 0 Å². The van der Waals surface area contributed by atoms with E-state index in [-0.39, 0.29) is 12.4 Å². The molecule has 15 heavy (non-hydrogen) atoms. The Morgan fingerprint density at radius 1 is 1.87 bits per heavy atom. The molecule has 0 aromatic carbocycles. The number of nitrogens with one attached hydrogen (secondary N) is 1. The molecule has 0 aliphatic heterocycles. The summed E-state index contributed by atoms with van der Waals surface area (Å²) in [5.41, 5.74) is 2.55. The van der Waals surface area contributed by atoms with Crippen molar-refractivity contribution in [3.63, 3.8) is 0 Å². The van der Waals surface area contributed by atoms with Gasteiger partial charge in [0.15, 0.2) is 0 Å². The Balaban J connectivity index is 2.70. The van der Waals surface area contributed by atoms with Crippen LogP contribution in [-0.4, -0.2) is 38.9 Å². The first-order valence-electron chi connectivity index (χ1n) is 4.19. The second-order valence-electron chi connectivity index (χ2n) is 2.68. The molecule has 1 heterocycles. The Bertz CT molecular complexity index is 373. The SMILES string of the molecule is Cn1c([N+](=O)[O-])cnc1C=NNCCO. The molecule has 0 radical (unpaired) electrons. The Hall–Kier alpha value is -1.96. The highest BCUT2D eigenvalue weighted by molar-refractivity contribution is 5.75. The number of nitro groups is 1. The van der Waals surface area contributed by atoms with Crippen molar-refractivity contribution < 1.29 is 10.0 Å². The van der Waals surface area contributed by atoms with Crippen LogP contribution in [0.5, 0.6) is 0 Å². The van der Waals surface area contributed by atoms with Gasteiger partial charge >= 0.3 is 5.82 Å². The number of hydrogen-bond acceptors (Lipinski definition) is 6. The van der Waals surface area contributed by atoms with Crippen LogP contribution in [-0.2, 0) is 7.05 Å². The molecule has 0 bridgehead atoms. The van der Waals surface area contributed by atoms with Gasteiger partial charge in [-0.1, -0.05) is 0 Å². The first-order chi connectivity index (χ1) is 7.16. The number of aliphatic hydroxyl groups is 1. The average molecular weight is 213 g/mol. The first-order valence-corrected chi connectivity index (χ1v) is 4.19. The van der Waals surface area contributed by atoms with E-state index < -0.39 is 4.92 Å². The van der Waals surface area contributed by atoms with Crippen LogP contribution < -0.4 is 5.43 Å². The topological polar surface area (TPSA) is 106 Å². The van der Waals surface area contributed by atoms with Crippen molar-refractivity contribution in [3.05, 3.63) is 22.1 Å². The van der Waals surface area contributed by atoms with Gasteiger partial charge in [0.1, 0.15) is 12.4 Å². The van der Waals surface area contributed by atoms with Crippen LogP contribution in [0.3, 0.4) is 0 Å². The van der Waals surface area contributed by atoms with E-state index >= 15 is 0 Å². The minimum atomic E-state index is -0.522. The van der Waals surface area contributed by atoms with Crippen LogP contribution in [0.1, 0.15) is 5.82 Å². The molecule has 1 aromatic heterocycles. The average Bonchev–Trinajstić information content (AvgIpc) is 2.55. The molecule has 0 aliphatic rings. The van der Waals surface area contributed by atoms with Gasteiger partial charge in [0.2, 0.25) is 5.82 Å². The highest BCUT2D eigenvalue weighted by Gasteiger charge is 2.14. The summed E-state index contributed by atoms with van der Waals surface area (Å²) in [6, 6.07) is 0. The molecule has 2 N–H and O–H groups in total. The highest BCUT2D eigenvalue weighted by Crippen LogP contribution is 2.09. The molecule has 0 atom stereocenters. The van der Waals surface area contributed by atoms with Crippen LogP contribution in [0.2, 0.25) is 0 Å². The standard InChI is InChI=1S/C7H11N5O3/c1-11-6(4-10-9-2-3-13)8-5-7(11)12(14)15/h4-5,9,13H,2-3H2,1H3. The molecule has 0 spiro atoms. The number of aromatic nitrogens is 2. The van der Waals surface area contributed by atoms with Gasteiger partial charge in [-0.25, -0.2) is 9.55 Å². The number of hydrogen-bond donors (Lipinski definition) is 2. The van der Waals surface area contributed by atoms with Crippen molar-refractivity contribution in [2.24, 2.45) is 12.1 Å². The lowest BCUT2D eigenvalue weighted by Crippen LogP contribution is -2.12. The summed E-state index contributed by atoms with van der Waals surface area (Å²) in [5, 5.41) is 22.6. The first kappa shape index (κ1) is 11.1. The summed E-state index contributed by atoms with van der Waals surface area (Å²) >= 11 is 0. The zero-order chi connectivity index (χ0) is 11.3. The third kappa shape index (κ3) is 2.74. The lowest BCUT2D eigenvalue weighted by Gasteiger charge is -1.95. The van der Waals surface area contributed by atoms with Gasteiger partial charge in [-0.3, -0.25) is 0 Å². The molecule has 8 heteroatoms. The largest absolute Gasteiger partial charge is 0.394 e. The summed E-state index contributed by atoms with van der Waals surface area (Å²) in [7, 11) is 1.53. The minimum absolute atomic E-state index is 0.0297. The Labute approximate surface area is 85.4 Å². The van der Waals surface area contributed by atoms with Crippen LogP contribution in [0.15, 0.2) is 11.3 Å². The molecular weight excluding hydrogens is 202 g/mol. The molecule has 82 valence electrons. The van der Waals surface area contributed by atoms with Crippen molar-refractivity contribution in [3.8, 4) is 0 Å². The summed E-state index contributed by atoms with van der Waals surface area (Å²) < 4.78 is 1.31. The zero-order valence-electron chi connectivity index (χ0n) is 8.12. The van der Waals surface area contributed by atoms with Gasteiger partial charge in [0.05, 0.1) is 20.2 Å². The Kier molecular flexibility index (Phi) is 3.75. The van der Waals surface area contributed by atoms with E-state index in [0.717, 1.165) is 6.20 Å². The van der Waals surface area contributed by atoms with Gasteiger partial charge in [-0.2, -0.15) is 5.10 Å². The summed E-state index contributed by atoms with van der Waals surface area (Å²) in [6.07, 6.45) is 2.51. The van der Waals surface area contributed by atoms with E-state index in [1.54, 1.807) is 0 Å². The van der Waals surface area contributed by atoms with Gasteiger partial charge in [-0.15, -0.1) is 0 Å². The maximum atomic E-state index is 10.5. The highest BCUT2D eigenvalue weighted by atomic mass is 16.6. The van der Waals surface area contributed by atoms with Crippen LogP contribution >= 0.6 is 0 Å². The predicted octanol–water partition coefficient (Wildman–Crippen LogP) is -0.756. The lowest BCUT2D eigenvalue weighted by atomic mass is 10.6. The van der Waals surface area contributed by atoms with Gasteiger partial charge < -0.3 is 20.6 Å². The van der Waals surface area contributed by atoms with E-state index in [4.69, 9.17) is 5.11 Å². The van der Waals surface area contributed by atoms with Gasteiger partial charge in [0.25, 0.3) is 0 Å². The van der Waals surface area contributed by atoms with Crippen molar-refractivity contribution in [1.29, 1.82) is 0 Å². The molecule has 1 rings (SSSR count). The number of rotatable bonds is 5. The van der Waals surface area contributed by atoms with Crippen LogP contribution in [0.25, 0.3) is 0 Å². The Morgan fingerprint density at radius 3 is 3.13 bits per heavy atom. The molecule has 0 saturated carbocycles. The number of nitrogens with zero attached hydrogens (tertiary/aromatic N) is 4. The fraction of sp³-hybridized carbons (Fsp3) is 0.429. The van der Waals surface area contributed by atoms with E-state index in [1.165, 1.54) is 17.8 Å². The zero-order valence-corrected chi connectivity index (χ0v) is 8.12. The van der Waals surface area contributed by atoms with E-state index in [2.05, 4.69) is 15.5 Å². The second-order valence-corrected chi connectivity index (χ2v) is 2.68. The molecule has 8 nitrogen and oxygen atoms in total. The molecule has 0 unspecified atom stereocenters. The minimum Gasteiger partial charge on any atom is -0.394 e. The van der Waals surface area contributed by atoms with Crippen molar-refractivity contribution in [2.75, 3.05) is 13.2 Å². The third-order valence-corrected chi connectivity index (χ3v) is 1.68. The smallest absolute Gasteiger partial charge is 0.342 e. The molecule has 0 amide bonds. The summed E-state index contributed by atoms with van der Waals surface area (Å²) in [6.45, 7) is 0.293. The molecular formula is C7H11N5O3. The maximum Gasteiger partial charge on any atom is 0.342 e.